The highest BCUT2D eigenvalue weighted by Crippen LogP contribution is 2.32. The Hall–Kier alpha value is -4.12. The van der Waals surface area contributed by atoms with E-state index in [0.717, 1.165) is 17.2 Å². The maximum absolute atomic E-state index is 5.98. The van der Waals surface area contributed by atoms with Crippen LogP contribution in [-0.2, 0) is 0 Å². The average molecular weight is 441 g/mol. The number of nitrogen functional groups attached to an aromatic ring is 2. The van der Waals surface area contributed by atoms with Crippen molar-refractivity contribution in [2.45, 2.75) is 19.8 Å². The van der Waals surface area contributed by atoms with Gasteiger partial charge in [-0.05, 0) is 78.7 Å². The summed E-state index contributed by atoms with van der Waals surface area (Å²) in [6.45, 7) is 4.65. The number of ether oxygens (including phenoxy) is 3. The van der Waals surface area contributed by atoms with Crippen molar-refractivity contribution in [3.63, 3.8) is 0 Å². The fourth-order valence-corrected chi connectivity index (χ4v) is 3.51. The van der Waals surface area contributed by atoms with E-state index in [0.29, 0.717) is 29.5 Å². The topological polar surface area (TPSA) is 79.7 Å². The van der Waals surface area contributed by atoms with Gasteiger partial charge in [-0.3, -0.25) is 0 Å². The van der Waals surface area contributed by atoms with E-state index in [9.17, 15) is 0 Å². The van der Waals surface area contributed by atoms with E-state index < -0.39 is 0 Å². The zero-order valence-corrected chi connectivity index (χ0v) is 18.8. The lowest BCUT2D eigenvalue weighted by Crippen LogP contribution is -1.98. The Morgan fingerprint density at radius 1 is 0.636 bits per heavy atom. The number of anilines is 2. The van der Waals surface area contributed by atoms with Crippen LogP contribution in [0.5, 0.6) is 28.7 Å². The van der Waals surface area contributed by atoms with E-state index in [1.165, 1.54) is 11.1 Å². The summed E-state index contributed by atoms with van der Waals surface area (Å²) in [7, 11) is 0. The molecule has 168 valence electrons. The van der Waals surface area contributed by atoms with E-state index >= 15 is 0 Å². The van der Waals surface area contributed by atoms with Crippen LogP contribution in [-0.4, -0.2) is 6.61 Å². The standard InChI is InChI=1S/C28H28N2O3/c1-3-31-28-18-26(16-17-27(28)30)33-24-12-6-21(7-13-24)19(2)20-4-10-23(11-5-20)32-25-14-8-22(29)9-15-25/h4-19H,3,29-30H2,1-2H3. The SMILES string of the molecule is CCOc1cc(Oc2ccc(C(C)c3ccc(Oc4ccc(N)cc4)cc3)cc2)ccc1N. The number of nitrogens with two attached hydrogens (primary N) is 2. The van der Waals surface area contributed by atoms with Gasteiger partial charge in [-0.25, -0.2) is 0 Å². The Kier molecular flexibility index (Phi) is 6.69. The minimum atomic E-state index is 0.228. The Morgan fingerprint density at radius 3 is 1.61 bits per heavy atom. The van der Waals surface area contributed by atoms with E-state index in [1.807, 2.05) is 67.6 Å². The van der Waals surface area contributed by atoms with Crippen LogP contribution in [0.2, 0.25) is 0 Å². The number of benzene rings is 4. The van der Waals surface area contributed by atoms with Crippen LogP contribution < -0.4 is 25.7 Å². The molecule has 33 heavy (non-hydrogen) atoms. The fraction of sp³-hybridized carbons (Fsp3) is 0.143. The largest absolute Gasteiger partial charge is 0.492 e. The van der Waals surface area contributed by atoms with Crippen LogP contribution in [0.15, 0.2) is 91.0 Å². The third-order valence-electron chi connectivity index (χ3n) is 5.40. The first-order valence-electron chi connectivity index (χ1n) is 11.0. The summed E-state index contributed by atoms with van der Waals surface area (Å²) in [6, 6.07) is 29.1. The molecule has 0 aliphatic carbocycles. The van der Waals surface area contributed by atoms with Gasteiger partial charge in [0.1, 0.15) is 28.7 Å². The predicted octanol–water partition coefficient (Wildman–Crippen LogP) is 6.99. The van der Waals surface area contributed by atoms with Crippen molar-refractivity contribution >= 4 is 11.4 Å². The molecule has 5 nitrogen and oxygen atoms in total. The summed E-state index contributed by atoms with van der Waals surface area (Å²) in [6.07, 6.45) is 0. The molecule has 4 aromatic carbocycles. The van der Waals surface area contributed by atoms with E-state index in [4.69, 9.17) is 25.7 Å². The number of rotatable bonds is 8. The van der Waals surface area contributed by atoms with Crippen LogP contribution in [0, 0.1) is 0 Å². The smallest absolute Gasteiger partial charge is 0.145 e. The first-order valence-corrected chi connectivity index (χ1v) is 11.0. The third kappa shape index (κ3) is 5.57. The van der Waals surface area contributed by atoms with Gasteiger partial charge in [-0.1, -0.05) is 31.2 Å². The Bertz CT molecular complexity index is 1190. The summed E-state index contributed by atoms with van der Waals surface area (Å²) in [5.41, 5.74) is 15.4. The highest BCUT2D eigenvalue weighted by Gasteiger charge is 2.10. The maximum atomic E-state index is 5.98. The molecule has 0 radical (unpaired) electrons. The molecule has 0 heterocycles. The van der Waals surface area contributed by atoms with Crippen molar-refractivity contribution in [1.29, 1.82) is 0 Å². The molecule has 4 rings (SSSR count). The summed E-state index contributed by atoms with van der Waals surface area (Å²) < 4.78 is 17.4. The first kappa shape index (κ1) is 22.1. The summed E-state index contributed by atoms with van der Waals surface area (Å²) in [5, 5.41) is 0. The minimum absolute atomic E-state index is 0.228. The lowest BCUT2D eigenvalue weighted by Gasteiger charge is -2.15. The summed E-state index contributed by atoms with van der Waals surface area (Å²) >= 11 is 0. The van der Waals surface area contributed by atoms with Gasteiger partial charge in [0.15, 0.2) is 0 Å². The fourth-order valence-electron chi connectivity index (χ4n) is 3.51. The molecule has 0 fully saturated rings. The molecule has 1 atom stereocenters. The quantitative estimate of drug-likeness (QED) is 0.289. The number of hydrogen-bond donors (Lipinski definition) is 2. The lowest BCUT2D eigenvalue weighted by atomic mass is 9.93. The van der Waals surface area contributed by atoms with E-state index in [2.05, 4.69) is 31.2 Å². The second-order valence-corrected chi connectivity index (χ2v) is 7.77. The minimum Gasteiger partial charge on any atom is -0.492 e. The lowest BCUT2D eigenvalue weighted by molar-refractivity contribution is 0.340. The van der Waals surface area contributed by atoms with Crippen molar-refractivity contribution in [1.82, 2.24) is 0 Å². The molecule has 0 saturated carbocycles. The molecule has 4 aromatic rings. The van der Waals surface area contributed by atoms with E-state index in [-0.39, 0.29) is 5.92 Å². The number of hydrogen-bond acceptors (Lipinski definition) is 5. The molecular formula is C28H28N2O3. The van der Waals surface area contributed by atoms with Gasteiger partial charge in [-0.15, -0.1) is 0 Å². The average Bonchev–Trinajstić information content (AvgIpc) is 2.83. The molecule has 0 spiro atoms. The summed E-state index contributed by atoms with van der Waals surface area (Å²) in [4.78, 5) is 0. The Morgan fingerprint density at radius 2 is 1.09 bits per heavy atom. The predicted molar refractivity (Wildman–Crippen MR) is 133 cm³/mol. The first-order chi connectivity index (χ1) is 16.0. The zero-order chi connectivity index (χ0) is 23.2. The molecule has 0 aliphatic heterocycles. The van der Waals surface area contributed by atoms with Crippen LogP contribution in [0.3, 0.4) is 0 Å². The van der Waals surface area contributed by atoms with Crippen molar-refractivity contribution in [3.05, 3.63) is 102 Å². The van der Waals surface area contributed by atoms with Gasteiger partial charge in [-0.2, -0.15) is 0 Å². The molecule has 4 N–H and O–H groups in total. The Balaban J connectivity index is 1.41. The van der Waals surface area contributed by atoms with Crippen molar-refractivity contribution in [2.24, 2.45) is 0 Å². The van der Waals surface area contributed by atoms with Gasteiger partial charge >= 0.3 is 0 Å². The molecule has 0 aliphatic rings. The van der Waals surface area contributed by atoms with Gasteiger partial charge in [0, 0.05) is 17.7 Å². The van der Waals surface area contributed by atoms with Gasteiger partial charge < -0.3 is 25.7 Å². The van der Waals surface area contributed by atoms with Crippen molar-refractivity contribution in [3.8, 4) is 28.7 Å². The van der Waals surface area contributed by atoms with E-state index in [1.54, 1.807) is 6.07 Å². The van der Waals surface area contributed by atoms with Crippen LogP contribution in [0.25, 0.3) is 0 Å². The third-order valence-corrected chi connectivity index (χ3v) is 5.40. The molecule has 0 saturated heterocycles. The molecular weight excluding hydrogens is 412 g/mol. The molecule has 5 heteroatoms. The summed E-state index contributed by atoms with van der Waals surface area (Å²) in [5.74, 6) is 3.84. The van der Waals surface area contributed by atoms with Gasteiger partial charge in [0.25, 0.3) is 0 Å². The maximum Gasteiger partial charge on any atom is 0.145 e. The zero-order valence-electron chi connectivity index (χ0n) is 18.8. The second kappa shape index (κ2) is 10.0. The van der Waals surface area contributed by atoms with Crippen molar-refractivity contribution < 1.29 is 14.2 Å². The van der Waals surface area contributed by atoms with Crippen molar-refractivity contribution in [2.75, 3.05) is 18.1 Å². The molecule has 0 aromatic heterocycles. The molecule has 0 amide bonds. The highest BCUT2D eigenvalue weighted by molar-refractivity contribution is 5.56. The Labute approximate surface area is 194 Å². The van der Waals surface area contributed by atoms with Gasteiger partial charge in [0.2, 0.25) is 0 Å². The second-order valence-electron chi connectivity index (χ2n) is 7.77. The molecule has 0 bridgehead atoms. The normalized spacial score (nSPS) is 11.6. The monoisotopic (exact) mass is 440 g/mol. The van der Waals surface area contributed by atoms with Crippen LogP contribution >= 0.6 is 0 Å². The van der Waals surface area contributed by atoms with Crippen LogP contribution in [0.1, 0.15) is 30.9 Å². The highest BCUT2D eigenvalue weighted by atomic mass is 16.5. The van der Waals surface area contributed by atoms with Crippen LogP contribution in [0.4, 0.5) is 11.4 Å². The van der Waals surface area contributed by atoms with Gasteiger partial charge in [0.05, 0.1) is 12.3 Å². The molecule has 1 unspecified atom stereocenters.